The highest BCUT2D eigenvalue weighted by Crippen LogP contribution is 2.37. The largest absolute Gasteiger partial charge is 0.416 e. The predicted octanol–water partition coefficient (Wildman–Crippen LogP) is 5.32. The number of rotatable bonds is 2. The molecule has 1 fully saturated rings. The molecule has 2 aliphatic rings. The number of alkyl halides is 3. The second-order valence-electron chi connectivity index (χ2n) is 8.81. The number of aromatic nitrogens is 1. The smallest absolute Gasteiger partial charge is 0.324 e. The molecule has 1 saturated heterocycles. The molecule has 3 aromatic rings. The number of halogens is 4. The van der Waals surface area contributed by atoms with Crippen LogP contribution in [0.25, 0.3) is 11.1 Å². The van der Waals surface area contributed by atoms with Crippen molar-refractivity contribution in [2.75, 3.05) is 18.4 Å². The van der Waals surface area contributed by atoms with Gasteiger partial charge in [-0.25, -0.2) is 9.18 Å². The number of likely N-dealkylation sites (tertiary alicyclic amines) is 1. The zero-order valence-electron chi connectivity index (χ0n) is 18.0. The van der Waals surface area contributed by atoms with Gasteiger partial charge in [-0.05, 0) is 60.4 Å². The second kappa shape index (κ2) is 8.30. The lowest BCUT2D eigenvalue weighted by molar-refractivity contribution is -0.137. The molecule has 2 amide bonds. The maximum atomic E-state index is 13.4. The van der Waals surface area contributed by atoms with Crippen LogP contribution in [0.4, 0.5) is 28.0 Å². The summed E-state index contributed by atoms with van der Waals surface area (Å²) in [4.78, 5) is 27.7. The van der Waals surface area contributed by atoms with Crippen LogP contribution in [-0.2, 0) is 12.7 Å². The molecule has 34 heavy (non-hydrogen) atoms. The number of benzene rings is 2. The number of nitrogens with one attached hydrogen (secondary N) is 1. The molecule has 1 N–H and O–H groups in total. The average molecular weight is 471 g/mol. The van der Waals surface area contributed by atoms with Crippen molar-refractivity contribution < 1.29 is 22.4 Å². The summed E-state index contributed by atoms with van der Waals surface area (Å²) in [5.41, 5.74) is 0.439. The Balaban J connectivity index is 1.40. The molecule has 5 nitrogen and oxygen atoms in total. The highest BCUT2D eigenvalue weighted by Gasteiger charge is 2.37. The molecule has 2 aliphatic heterocycles. The Hall–Kier alpha value is -3.62. The molecule has 0 aliphatic carbocycles. The Morgan fingerprint density at radius 1 is 0.971 bits per heavy atom. The fraction of sp³-hybridized carbons (Fsp3) is 0.280. The molecule has 2 atom stereocenters. The monoisotopic (exact) mass is 471 g/mol. The first-order valence-corrected chi connectivity index (χ1v) is 10.9. The van der Waals surface area contributed by atoms with Crippen molar-refractivity contribution in [1.29, 1.82) is 0 Å². The van der Waals surface area contributed by atoms with E-state index in [2.05, 4.69) is 5.32 Å². The molecular formula is C25H21F4N3O2. The maximum absolute atomic E-state index is 13.4. The van der Waals surface area contributed by atoms with Crippen LogP contribution in [0, 0.1) is 11.7 Å². The van der Waals surface area contributed by atoms with Gasteiger partial charge in [0, 0.05) is 42.5 Å². The summed E-state index contributed by atoms with van der Waals surface area (Å²) in [6.07, 6.45) is -3.68. The number of nitrogens with zero attached hydrogens (tertiary/aromatic N) is 2. The summed E-state index contributed by atoms with van der Waals surface area (Å²) in [6.45, 7) is 1.19. The number of pyridine rings is 1. The van der Waals surface area contributed by atoms with Crippen LogP contribution in [0.15, 0.2) is 65.5 Å². The Bertz CT molecular complexity index is 1320. The topological polar surface area (TPSA) is 54.3 Å². The number of carbonyl (C=O) groups excluding carboxylic acids is 1. The van der Waals surface area contributed by atoms with Crippen molar-refractivity contribution in [3.63, 3.8) is 0 Å². The fourth-order valence-electron chi connectivity index (χ4n) is 4.96. The average Bonchev–Trinajstić information content (AvgIpc) is 2.79. The number of anilines is 1. The lowest BCUT2D eigenvalue weighted by Gasteiger charge is -2.42. The van der Waals surface area contributed by atoms with E-state index in [1.54, 1.807) is 27.7 Å². The van der Waals surface area contributed by atoms with E-state index in [-0.39, 0.29) is 34.6 Å². The lowest BCUT2D eigenvalue weighted by atomic mass is 9.83. The normalized spacial score (nSPS) is 19.5. The van der Waals surface area contributed by atoms with Gasteiger partial charge in [0.15, 0.2) is 0 Å². The van der Waals surface area contributed by atoms with Gasteiger partial charge < -0.3 is 14.8 Å². The van der Waals surface area contributed by atoms with Gasteiger partial charge >= 0.3 is 12.2 Å². The van der Waals surface area contributed by atoms with Gasteiger partial charge in [-0.3, -0.25) is 4.79 Å². The molecule has 0 saturated carbocycles. The number of piperidine rings is 1. The van der Waals surface area contributed by atoms with Crippen molar-refractivity contribution in [3.05, 3.63) is 88.1 Å². The quantitative estimate of drug-likeness (QED) is 0.514. The summed E-state index contributed by atoms with van der Waals surface area (Å²) in [5.74, 6) is -0.494. The first-order chi connectivity index (χ1) is 16.2. The van der Waals surface area contributed by atoms with Crippen LogP contribution in [-0.4, -0.2) is 28.6 Å². The Morgan fingerprint density at radius 3 is 2.53 bits per heavy atom. The number of hydrogen-bond acceptors (Lipinski definition) is 2. The number of hydrogen-bond donors (Lipinski definition) is 1. The van der Waals surface area contributed by atoms with Crippen molar-refractivity contribution in [2.24, 2.45) is 5.92 Å². The van der Waals surface area contributed by atoms with Gasteiger partial charge in [-0.15, -0.1) is 0 Å². The number of urea groups is 1. The third-order valence-corrected chi connectivity index (χ3v) is 6.47. The van der Waals surface area contributed by atoms with Crippen molar-refractivity contribution in [3.8, 4) is 11.1 Å². The van der Waals surface area contributed by atoms with E-state index in [4.69, 9.17) is 0 Å². The highest BCUT2D eigenvalue weighted by atomic mass is 19.4. The predicted molar refractivity (Wildman–Crippen MR) is 119 cm³/mol. The van der Waals surface area contributed by atoms with Crippen molar-refractivity contribution in [1.82, 2.24) is 9.47 Å². The Morgan fingerprint density at radius 2 is 1.76 bits per heavy atom. The van der Waals surface area contributed by atoms with Crippen LogP contribution < -0.4 is 10.9 Å². The fourth-order valence-corrected chi connectivity index (χ4v) is 4.96. The molecule has 0 radical (unpaired) electrons. The van der Waals surface area contributed by atoms with E-state index in [1.165, 1.54) is 30.3 Å². The van der Waals surface area contributed by atoms with Crippen LogP contribution in [0.3, 0.4) is 0 Å². The van der Waals surface area contributed by atoms with Crippen molar-refractivity contribution >= 4 is 11.7 Å². The third kappa shape index (κ3) is 4.18. The van der Waals surface area contributed by atoms with Crippen molar-refractivity contribution in [2.45, 2.75) is 25.1 Å². The van der Waals surface area contributed by atoms with Gasteiger partial charge in [0.2, 0.25) is 0 Å². The molecule has 1 aromatic heterocycles. The summed E-state index contributed by atoms with van der Waals surface area (Å²) < 4.78 is 54.5. The molecule has 176 valence electrons. The van der Waals surface area contributed by atoms with Gasteiger partial charge in [0.25, 0.3) is 5.56 Å². The molecule has 0 unspecified atom stereocenters. The van der Waals surface area contributed by atoms with E-state index in [9.17, 15) is 27.2 Å². The summed E-state index contributed by atoms with van der Waals surface area (Å²) in [7, 11) is 0. The zero-order chi connectivity index (χ0) is 24.0. The molecule has 0 spiro atoms. The van der Waals surface area contributed by atoms with Crippen LogP contribution in [0.5, 0.6) is 0 Å². The minimum atomic E-state index is -4.49. The Kier molecular flexibility index (Phi) is 5.42. The summed E-state index contributed by atoms with van der Waals surface area (Å²) in [5, 5.41) is 2.71. The SMILES string of the molecule is O=C(Nc1cccc(F)c1)N1C[C@@H]2C[C@H](C1)c1ccc(-c3cccc(C(F)(F)F)c3)c(=O)n1C2. The van der Waals surface area contributed by atoms with E-state index in [0.29, 0.717) is 25.3 Å². The van der Waals surface area contributed by atoms with E-state index in [0.717, 1.165) is 24.2 Å². The minimum Gasteiger partial charge on any atom is -0.324 e. The van der Waals surface area contributed by atoms with Gasteiger partial charge in [-0.1, -0.05) is 18.2 Å². The first-order valence-electron chi connectivity index (χ1n) is 10.9. The number of fused-ring (bicyclic) bond motifs is 4. The highest BCUT2D eigenvalue weighted by molar-refractivity contribution is 5.89. The standard InChI is InChI=1S/C25H21F4N3O2/c26-19-5-2-6-20(11-19)30-24(34)31-12-15-9-17(14-31)22-8-7-21(23(33)32(22)13-15)16-3-1-4-18(10-16)25(27,28)29/h1-8,10-11,15,17H,9,12-14H2,(H,30,34)/t15-,17+/m0/s1. The molecular weight excluding hydrogens is 450 g/mol. The number of carbonyl (C=O) groups is 1. The Labute approximate surface area is 192 Å². The maximum Gasteiger partial charge on any atom is 0.416 e. The summed E-state index contributed by atoms with van der Waals surface area (Å²) in [6, 6.07) is 13.4. The molecule has 2 aromatic carbocycles. The molecule has 3 heterocycles. The number of amides is 2. The molecule has 9 heteroatoms. The van der Waals surface area contributed by atoms with Gasteiger partial charge in [-0.2, -0.15) is 13.2 Å². The van der Waals surface area contributed by atoms with Gasteiger partial charge in [0.1, 0.15) is 5.82 Å². The minimum absolute atomic E-state index is 0.0268. The van der Waals surface area contributed by atoms with Crippen LogP contribution in [0.2, 0.25) is 0 Å². The van der Waals surface area contributed by atoms with Crippen LogP contribution in [0.1, 0.15) is 23.6 Å². The molecule has 2 bridgehead atoms. The second-order valence-corrected chi connectivity index (χ2v) is 8.81. The first kappa shape index (κ1) is 22.2. The van der Waals surface area contributed by atoms with E-state index < -0.39 is 17.6 Å². The van der Waals surface area contributed by atoms with Gasteiger partial charge in [0.05, 0.1) is 5.56 Å². The third-order valence-electron chi connectivity index (χ3n) is 6.47. The molecule has 5 rings (SSSR count). The lowest BCUT2D eigenvalue weighted by Crippen LogP contribution is -2.50. The summed E-state index contributed by atoms with van der Waals surface area (Å²) >= 11 is 0. The zero-order valence-corrected chi connectivity index (χ0v) is 18.0. The van der Waals surface area contributed by atoms with E-state index in [1.807, 2.05) is 0 Å². The van der Waals surface area contributed by atoms with Crippen LogP contribution >= 0.6 is 0 Å². The van der Waals surface area contributed by atoms with E-state index >= 15 is 0 Å².